The van der Waals surface area contributed by atoms with Crippen LogP contribution in [0.15, 0.2) is 36.5 Å². The second-order valence-electron chi connectivity index (χ2n) is 5.21. The summed E-state index contributed by atoms with van der Waals surface area (Å²) >= 11 is 5.80. The molecule has 2 rings (SSSR count). The van der Waals surface area contributed by atoms with Gasteiger partial charge in [0, 0.05) is 16.9 Å². The molecule has 0 unspecified atom stereocenters. The fourth-order valence-corrected chi connectivity index (χ4v) is 2.06. The minimum Gasteiger partial charge on any atom is -0.448 e. The van der Waals surface area contributed by atoms with Crippen LogP contribution in [0, 0.1) is 13.8 Å². The lowest BCUT2D eigenvalue weighted by Crippen LogP contribution is -2.30. The molecule has 1 heterocycles. The predicted octanol–water partition coefficient (Wildman–Crippen LogP) is 3.54. The summed E-state index contributed by atoms with van der Waals surface area (Å²) in [6.07, 6.45) is 0.447. The maximum atomic E-state index is 12.2. The average molecular weight is 333 g/mol. The summed E-state index contributed by atoms with van der Waals surface area (Å²) in [6.45, 7) is 5.33. The Kier molecular flexibility index (Phi) is 5.34. The normalized spacial score (nSPS) is 11.7. The zero-order valence-electron chi connectivity index (χ0n) is 13.1. The van der Waals surface area contributed by atoms with Gasteiger partial charge in [-0.15, -0.1) is 0 Å². The number of anilines is 1. The number of halogens is 1. The summed E-state index contributed by atoms with van der Waals surface area (Å²) in [5, 5.41) is 3.13. The number of rotatable bonds is 4. The molecular formula is C17H17ClN2O3. The van der Waals surface area contributed by atoms with Crippen LogP contribution in [0.5, 0.6) is 0 Å². The number of carbonyl (C=O) groups excluding carboxylic acids is 2. The monoisotopic (exact) mass is 332 g/mol. The van der Waals surface area contributed by atoms with Crippen LogP contribution in [0.25, 0.3) is 0 Å². The Hall–Kier alpha value is -2.40. The molecule has 23 heavy (non-hydrogen) atoms. The first kappa shape index (κ1) is 17.0. The molecule has 0 radical (unpaired) electrons. The van der Waals surface area contributed by atoms with E-state index in [4.69, 9.17) is 16.3 Å². The molecule has 0 saturated carbocycles. The van der Waals surface area contributed by atoms with Gasteiger partial charge in [0.05, 0.1) is 0 Å². The predicted molar refractivity (Wildman–Crippen MR) is 88.7 cm³/mol. The van der Waals surface area contributed by atoms with Crippen LogP contribution >= 0.6 is 11.6 Å². The molecule has 5 nitrogen and oxygen atoms in total. The number of nitrogens with zero attached hydrogens (tertiary/aromatic N) is 1. The smallest absolute Gasteiger partial charge is 0.357 e. The van der Waals surface area contributed by atoms with Gasteiger partial charge in [0.1, 0.15) is 5.69 Å². The summed E-state index contributed by atoms with van der Waals surface area (Å²) < 4.78 is 5.12. The number of aryl methyl sites for hydroxylation is 2. The number of hydrogen-bond donors (Lipinski definition) is 1. The topological polar surface area (TPSA) is 68.3 Å². The Morgan fingerprint density at radius 3 is 2.65 bits per heavy atom. The van der Waals surface area contributed by atoms with Crippen LogP contribution in [0.4, 0.5) is 5.69 Å². The minimum absolute atomic E-state index is 0.0592. The van der Waals surface area contributed by atoms with E-state index in [-0.39, 0.29) is 5.69 Å². The third-order valence-corrected chi connectivity index (χ3v) is 3.47. The van der Waals surface area contributed by atoms with Gasteiger partial charge in [-0.1, -0.05) is 23.7 Å². The Morgan fingerprint density at radius 1 is 1.22 bits per heavy atom. The van der Waals surface area contributed by atoms with E-state index in [1.54, 1.807) is 6.07 Å². The highest BCUT2D eigenvalue weighted by Gasteiger charge is 2.20. The molecule has 1 aromatic heterocycles. The fraction of sp³-hybridized carbons (Fsp3) is 0.235. The molecule has 2 aromatic rings. The zero-order valence-corrected chi connectivity index (χ0v) is 13.8. The van der Waals surface area contributed by atoms with Crippen LogP contribution in [-0.2, 0) is 9.53 Å². The first-order valence-corrected chi connectivity index (χ1v) is 7.45. The van der Waals surface area contributed by atoms with E-state index in [0.29, 0.717) is 10.7 Å². The van der Waals surface area contributed by atoms with Crippen LogP contribution < -0.4 is 5.32 Å². The first-order chi connectivity index (χ1) is 10.9. The summed E-state index contributed by atoms with van der Waals surface area (Å²) in [4.78, 5) is 28.0. The maximum absolute atomic E-state index is 12.2. The lowest BCUT2D eigenvalue weighted by molar-refractivity contribution is -0.123. The van der Waals surface area contributed by atoms with E-state index in [1.165, 1.54) is 19.2 Å². The Bertz CT molecular complexity index is 746. The lowest BCUT2D eigenvalue weighted by atomic mass is 10.1. The molecular weight excluding hydrogens is 316 g/mol. The molecule has 0 spiro atoms. The molecule has 0 saturated heterocycles. The highest BCUT2D eigenvalue weighted by molar-refractivity contribution is 6.30. The van der Waals surface area contributed by atoms with Crippen molar-refractivity contribution in [2.24, 2.45) is 0 Å². The van der Waals surface area contributed by atoms with Crippen LogP contribution in [0.1, 0.15) is 28.5 Å². The Labute approximate surface area is 139 Å². The maximum Gasteiger partial charge on any atom is 0.357 e. The van der Waals surface area contributed by atoms with Crippen molar-refractivity contribution in [1.82, 2.24) is 4.98 Å². The van der Waals surface area contributed by atoms with Crippen LogP contribution in [0.3, 0.4) is 0 Å². The summed E-state index contributed by atoms with van der Waals surface area (Å²) in [6, 6.07) is 8.67. The molecule has 120 valence electrons. The quantitative estimate of drug-likeness (QED) is 0.869. The van der Waals surface area contributed by atoms with Crippen LogP contribution in [-0.4, -0.2) is 23.0 Å². The number of benzene rings is 1. The molecule has 1 aromatic carbocycles. The Morgan fingerprint density at radius 2 is 1.96 bits per heavy atom. The molecule has 1 N–H and O–H groups in total. The number of esters is 1. The van der Waals surface area contributed by atoms with Gasteiger partial charge < -0.3 is 10.1 Å². The van der Waals surface area contributed by atoms with Crippen molar-refractivity contribution in [3.05, 3.63) is 58.4 Å². The molecule has 0 aliphatic heterocycles. The van der Waals surface area contributed by atoms with Crippen molar-refractivity contribution < 1.29 is 14.3 Å². The summed E-state index contributed by atoms with van der Waals surface area (Å²) in [7, 11) is 0. The molecule has 6 heteroatoms. The van der Waals surface area contributed by atoms with Gasteiger partial charge in [-0.3, -0.25) is 4.79 Å². The van der Waals surface area contributed by atoms with E-state index in [2.05, 4.69) is 10.3 Å². The van der Waals surface area contributed by atoms with Gasteiger partial charge in [-0.2, -0.15) is 0 Å². The third kappa shape index (κ3) is 4.53. The van der Waals surface area contributed by atoms with E-state index < -0.39 is 18.0 Å². The van der Waals surface area contributed by atoms with Crippen molar-refractivity contribution in [3.63, 3.8) is 0 Å². The molecule has 0 fully saturated rings. The van der Waals surface area contributed by atoms with Crippen molar-refractivity contribution >= 4 is 29.2 Å². The van der Waals surface area contributed by atoms with Gasteiger partial charge in [-0.25, -0.2) is 9.78 Å². The van der Waals surface area contributed by atoms with Crippen molar-refractivity contribution in [3.8, 4) is 0 Å². The van der Waals surface area contributed by atoms with E-state index >= 15 is 0 Å². The molecule has 0 aliphatic rings. The number of carbonyl (C=O) groups is 2. The van der Waals surface area contributed by atoms with E-state index in [9.17, 15) is 9.59 Å². The standard InChI is InChI=1S/C17H17ClN2O3/c1-10-4-5-11(2)14(8-10)20-16(21)12(3)23-17(22)15-9-13(18)6-7-19-15/h4-9,12H,1-3H3,(H,20,21)/t12-/m0/s1. The third-order valence-electron chi connectivity index (χ3n) is 3.24. The van der Waals surface area contributed by atoms with Gasteiger partial charge >= 0.3 is 5.97 Å². The minimum atomic E-state index is -0.955. The van der Waals surface area contributed by atoms with E-state index in [1.807, 2.05) is 32.0 Å². The summed E-state index contributed by atoms with van der Waals surface area (Å²) in [5.74, 6) is -1.11. The number of aromatic nitrogens is 1. The highest BCUT2D eigenvalue weighted by Crippen LogP contribution is 2.17. The fourth-order valence-electron chi connectivity index (χ4n) is 1.90. The van der Waals surface area contributed by atoms with Crippen molar-refractivity contribution in [2.75, 3.05) is 5.32 Å². The number of ether oxygens (including phenoxy) is 1. The van der Waals surface area contributed by atoms with Gasteiger partial charge in [0.25, 0.3) is 5.91 Å². The van der Waals surface area contributed by atoms with Crippen molar-refractivity contribution in [2.45, 2.75) is 26.9 Å². The van der Waals surface area contributed by atoms with Gasteiger partial charge in [-0.05, 0) is 50.1 Å². The number of hydrogen-bond acceptors (Lipinski definition) is 4. The summed E-state index contributed by atoms with van der Waals surface area (Å²) in [5.41, 5.74) is 2.71. The first-order valence-electron chi connectivity index (χ1n) is 7.07. The largest absolute Gasteiger partial charge is 0.448 e. The van der Waals surface area contributed by atoms with E-state index in [0.717, 1.165) is 11.1 Å². The SMILES string of the molecule is Cc1ccc(C)c(NC(=O)[C@H](C)OC(=O)c2cc(Cl)ccn2)c1. The van der Waals surface area contributed by atoms with Crippen molar-refractivity contribution in [1.29, 1.82) is 0 Å². The second-order valence-corrected chi connectivity index (χ2v) is 5.65. The number of amides is 1. The van der Waals surface area contributed by atoms with Gasteiger partial charge in [0.15, 0.2) is 6.10 Å². The lowest BCUT2D eigenvalue weighted by Gasteiger charge is -2.15. The highest BCUT2D eigenvalue weighted by atomic mass is 35.5. The number of pyridine rings is 1. The Balaban J connectivity index is 2.02. The molecule has 0 bridgehead atoms. The number of nitrogens with one attached hydrogen (secondary N) is 1. The van der Waals surface area contributed by atoms with Crippen LogP contribution in [0.2, 0.25) is 5.02 Å². The second kappa shape index (κ2) is 7.24. The molecule has 0 aliphatic carbocycles. The average Bonchev–Trinajstić information content (AvgIpc) is 2.50. The molecule has 1 amide bonds. The zero-order chi connectivity index (χ0) is 17.0. The molecule has 1 atom stereocenters. The van der Waals surface area contributed by atoms with Gasteiger partial charge in [0.2, 0.25) is 0 Å².